The zero-order valence-electron chi connectivity index (χ0n) is 23.8. The van der Waals surface area contributed by atoms with Gasteiger partial charge in [-0.25, -0.2) is 4.57 Å². The number of nitrogens with zero attached hydrogens (tertiary/aromatic N) is 2. The van der Waals surface area contributed by atoms with Crippen LogP contribution in [-0.4, -0.2) is 4.57 Å². The SMILES string of the molecule is Cc1ccc2c(oc3cccc(-c4ccccc4)c32)c1-c1n(-c2ccc3c(c2)oc2ccccc23)c2ccccc2[n+]1C. The van der Waals surface area contributed by atoms with E-state index >= 15 is 0 Å². The number of aryl methyl sites for hydroxylation is 2. The summed E-state index contributed by atoms with van der Waals surface area (Å²) < 4.78 is 17.7. The van der Waals surface area contributed by atoms with E-state index in [1.165, 1.54) is 11.1 Å². The summed E-state index contributed by atoms with van der Waals surface area (Å²) >= 11 is 0. The molecule has 0 N–H and O–H groups in total. The minimum absolute atomic E-state index is 0.872. The Morgan fingerprint density at radius 2 is 1.35 bits per heavy atom. The van der Waals surface area contributed by atoms with Crippen LogP contribution >= 0.6 is 0 Å². The molecule has 0 radical (unpaired) electrons. The molecular weight excluding hydrogens is 528 g/mol. The lowest BCUT2D eigenvalue weighted by Gasteiger charge is -2.08. The van der Waals surface area contributed by atoms with Crippen LogP contribution in [0, 0.1) is 6.92 Å². The molecule has 0 aliphatic carbocycles. The normalized spacial score (nSPS) is 12.0. The van der Waals surface area contributed by atoms with Gasteiger partial charge in [0.25, 0.3) is 5.82 Å². The fourth-order valence-electron chi connectivity index (χ4n) is 6.83. The number of hydrogen-bond donors (Lipinski definition) is 0. The molecule has 0 amide bonds. The molecule has 0 unspecified atom stereocenters. The van der Waals surface area contributed by atoms with Gasteiger partial charge in [0.2, 0.25) is 0 Å². The molecule has 0 saturated heterocycles. The maximum atomic E-state index is 6.79. The molecule has 204 valence electrons. The number of benzene rings is 6. The molecule has 0 fully saturated rings. The van der Waals surface area contributed by atoms with Gasteiger partial charge in [-0.2, -0.15) is 4.57 Å². The third-order valence-corrected chi connectivity index (χ3v) is 8.82. The van der Waals surface area contributed by atoms with Crippen LogP contribution in [0.25, 0.3) is 83.1 Å². The molecule has 3 aromatic heterocycles. The largest absolute Gasteiger partial charge is 0.456 e. The van der Waals surface area contributed by atoms with Crippen molar-refractivity contribution in [2.24, 2.45) is 7.05 Å². The first kappa shape index (κ1) is 24.0. The van der Waals surface area contributed by atoms with Crippen molar-refractivity contribution in [3.05, 3.63) is 133 Å². The van der Waals surface area contributed by atoms with E-state index in [4.69, 9.17) is 8.83 Å². The number of aromatic nitrogens is 2. The van der Waals surface area contributed by atoms with E-state index in [1.807, 2.05) is 12.1 Å². The predicted octanol–water partition coefficient (Wildman–Crippen LogP) is 9.90. The summed E-state index contributed by atoms with van der Waals surface area (Å²) in [5.41, 5.74) is 11.4. The number of imidazole rings is 1. The molecule has 4 heteroatoms. The maximum absolute atomic E-state index is 6.79. The Labute approximate surface area is 247 Å². The van der Waals surface area contributed by atoms with E-state index in [0.29, 0.717) is 0 Å². The molecule has 0 aliphatic heterocycles. The molecule has 43 heavy (non-hydrogen) atoms. The van der Waals surface area contributed by atoms with Crippen LogP contribution in [0.2, 0.25) is 0 Å². The average molecular weight is 556 g/mol. The Morgan fingerprint density at radius 1 is 0.605 bits per heavy atom. The topological polar surface area (TPSA) is 35.1 Å². The van der Waals surface area contributed by atoms with Crippen molar-refractivity contribution in [1.82, 2.24) is 4.57 Å². The number of para-hydroxylation sites is 3. The van der Waals surface area contributed by atoms with Crippen molar-refractivity contribution in [2.45, 2.75) is 6.92 Å². The molecule has 0 spiro atoms. The van der Waals surface area contributed by atoms with E-state index in [-0.39, 0.29) is 0 Å². The van der Waals surface area contributed by atoms with Gasteiger partial charge in [0.05, 0.1) is 7.05 Å². The fraction of sp³-hybridized carbons (Fsp3) is 0.0513. The van der Waals surface area contributed by atoms with Gasteiger partial charge in [-0.3, -0.25) is 0 Å². The molecule has 6 aromatic carbocycles. The summed E-state index contributed by atoms with van der Waals surface area (Å²) in [7, 11) is 2.14. The summed E-state index contributed by atoms with van der Waals surface area (Å²) in [4.78, 5) is 0. The molecule has 0 aliphatic rings. The molecule has 4 nitrogen and oxygen atoms in total. The van der Waals surface area contributed by atoms with Crippen molar-refractivity contribution >= 4 is 54.9 Å². The molecule has 9 aromatic rings. The monoisotopic (exact) mass is 555 g/mol. The van der Waals surface area contributed by atoms with E-state index in [1.54, 1.807) is 0 Å². The Bertz CT molecular complexity index is 2530. The highest BCUT2D eigenvalue weighted by Crippen LogP contribution is 2.42. The van der Waals surface area contributed by atoms with Gasteiger partial charge in [-0.15, -0.1) is 0 Å². The smallest absolute Gasteiger partial charge is 0.298 e. The number of rotatable bonds is 3. The van der Waals surface area contributed by atoms with Crippen LogP contribution in [0.1, 0.15) is 5.56 Å². The number of hydrogen-bond acceptors (Lipinski definition) is 2. The minimum atomic E-state index is 0.872. The summed E-state index contributed by atoms with van der Waals surface area (Å²) in [5.74, 6) is 1.06. The second kappa shape index (κ2) is 8.94. The van der Waals surface area contributed by atoms with Crippen molar-refractivity contribution < 1.29 is 13.4 Å². The summed E-state index contributed by atoms with van der Waals surface area (Å²) in [6.07, 6.45) is 0. The van der Waals surface area contributed by atoms with Crippen LogP contribution in [0.15, 0.2) is 136 Å². The predicted molar refractivity (Wildman–Crippen MR) is 175 cm³/mol. The van der Waals surface area contributed by atoms with Crippen LogP contribution in [-0.2, 0) is 7.05 Å². The Kier molecular flexibility index (Phi) is 5.00. The highest BCUT2D eigenvalue weighted by molar-refractivity contribution is 6.15. The van der Waals surface area contributed by atoms with Crippen LogP contribution in [0.3, 0.4) is 0 Å². The second-order valence-electron chi connectivity index (χ2n) is 11.3. The Hall–Kier alpha value is -5.61. The molecule has 3 heterocycles. The van der Waals surface area contributed by atoms with Crippen molar-refractivity contribution in [3.8, 4) is 28.2 Å². The van der Waals surface area contributed by atoms with Crippen molar-refractivity contribution in [3.63, 3.8) is 0 Å². The molecule has 0 bridgehead atoms. The van der Waals surface area contributed by atoms with E-state index < -0.39 is 0 Å². The van der Waals surface area contributed by atoms with Gasteiger partial charge in [0.15, 0.2) is 16.6 Å². The fourth-order valence-corrected chi connectivity index (χ4v) is 6.83. The molecule has 0 saturated carbocycles. The lowest BCUT2D eigenvalue weighted by Crippen LogP contribution is -2.30. The first-order valence-electron chi connectivity index (χ1n) is 14.6. The highest BCUT2D eigenvalue weighted by atomic mass is 16.3. The lowest BCUT2D eigenvalue weighted by atomic mass is 9.97. The lowest BCUT2D eigenvalue weighted by molar-refractivity contribution is -0.633. The maximum Gasteiger partial charge on any atom is 0.298 e. The molecule has 0 atom stereocenters. The van der Waals surface area contributed by atoms with Gasteiger partial charge < -0.3 is 8.83 Å². The molecule has 9 rings (SSSR count). The van der Waals surface area contributed by atoms with Crippen LogP contribution in [0.5, 0.6) is 0 Å². The number of fused-ring (bicyclic) bond motifs is 7. The van der Waals surface area contributed by atoms with E-state index in [0.717, 1.165) is 77.5 Å². The minimum Gasteiger partial charge on any atom is -0.456 e. The second-order valence-corrected chi connectivity index (χ2v) is 11.3. The van der Waals surface area contributed by atoms with E-state index in [9.17, 15) is 0 Å². The zero-order valence-corrected chi connectivity index (χ0v) is 23.8. The van der Waals surface area contributed by atoms with Crippen molar-refractivity contribution in [1.29, 1.82) is 0 Å². The third-order valence-electron chi connectivity index (χ3n) is 8.82. The van der Waals surface area contributed by atoms with Gasteiger partial charge >= 0.3 is 0 Å². The summed E-state index contributed by atoms with van der Waals surface area (Å²) in [6, 6.07) is 44.6. The van der Waals surface area contributed by atoms with Crippen LogP contribution in [0.4, 0.5) is 0 Å². The highest BCUT2D eigenvalue weighted by Gasteiger charge is 2.31. The summed E-state index contributed by atoms with van der Waals surface area (Å²) in [5, 5.41) is 4.49. The average Bonchev–Trinajstić information content (AvgIpc) is 3.70. The number of furan rings is 2. The standard InChI is InChI=1S/C39H27N2O2/c1-24-19-21-30-37-27(25-11-4-3-5-12-25)14-10-18-34(37)43-38(30)36(24)39-40(2)31-15-7-8-16-32(31)41(39)26-20-22-29-28-13-6-9-17-33(28)42-35(29)23-26/h3-23H,1-2H3/q+1. The third kappa shape index (κ3) is 3.41. The van der Waals surface area contributed by atoms with Crippen LogP contribution < -0.4 is 4.57 Å². The van der Waals surface area contributed by atoms with E-state index in [2.05, 4.69) is 138 Å². The quantitative estimate of drug-likeness (QED) is 0.203. The summed E-state index contributed by atoms with van der Waals surface area (Å²) in [6.45, 7) is 2.17. The van der Waals surface area contributed by atoms with Gasteiger partial charge in [0, 0.05) is 27.6 Å². The van der Waals surface area contributed by atoms with Crippen molar-refractivity contribution in [2.75, 3.05) is 0 Å². The first-order chi connectivity index (χ1) is 21.2. The van der Waals surface area contributed by atoms with Gasteiger partial charge in [-0.1, -0.05) is 84.9 Å². The Balaban J connectivity index is 1.38. The van der Waals surface area contributed by atoms with Gasteiger partial charge in [-0.05, 0) is 60.0 Å². The zero-order chi connectivity index (χ0) is 28.7. The Morgan fingerprint density at radius 3 is 2.26 bits per heavy atom. The van der Waals surface area contributed by atoms with Gasteiger partial charge in [0.1, 0.15) is 28.0 Å². The first-order valence-corrected chi connectivity index (χ1v) is 14.6. The molecular formula is C39H27N2O2+.